The maximum absolute atomic E-state index is 11.9. The molecule has 0 unspecified atom stereocenters. The van der Waals surface area contributed by atoms with Crippen LogP contribution in [0.3, 0.4) is 0 Å². The second kappa shape index (κ2) is 5.90. The molecule has 0 aliphatic carbocycles. The number of nitrogen functional groups attached to an aromatic ring is 1. The van der Waals surface area contributed by atoms with Crippen molar-refractivity contribution in [2.45, 2.75) is 6.54 Å². The van der Waals surface area contributed by atoms with Crippen molar-refractivity contribution in [1.29, 1.82) is 0 Å². The third kappa shape index (κ3) is 3.25. The first-order valence-corrected chi connectivity index (χ1v) is 5.90. The lowest BCUT2D eigenvalue weighted by Gasteiger charge is -2.08. The van der Waals surface area contributed by atoms with Crippen molar-refractivity contribution in [3.63, 3.8) is 0 Å². The molecular formula is C13H16N4O2. The van der Waals surface area contributed by atoms with Crippen LogP contribution in [-0.2, 0) is 6.54 Å². The molecule has 0 bridgehead atoms. The van der Waals surface area contributed by atoms with Gasteiger partial charge < -0.3 is 15.8 Å². The molecule has 2 aromatic rings. The fourth-order valence-electron chi connectivity index (χ4n) is 1.67. The van der Waals surface area contributed by atoms with Gasteiger partial charge in [0.15, 0.2) is 0 Å². The van der Waals surface area contributed by atoms with Gasteiger partial charge in [-0.15, -0.1) is 0 Å². The summed E-state index contributed by atoms with van der Waals surface area (Å²) in [6.07, 6.45) is 3.55. The molecule has 6 nitrogen and oxygen atoms in total. The molecular weight excluding hydrogens is 244 g/mol. The van der Waals surface area contributed by atoms with E-state index in [0.29, 0.717) is 30.1 Å². The highest BCUT2D eigenvalue weighted by molar-refractivity contribution is 5.95. The largest absolute Gasteiger partial charge is 0.495 e. The average Bonchev–Trinajstić information content (AvgIpc) is 2.92. The van der Waals surface area contributed by atoms with Crippen LogP contribution in [0.4, 0.5) is 5.69 Å². The zero-order valence-electron chi connectivity index (χ0n) is 10.7. The van der Waals surface area contributed by atoms with Crippen molar-refractivity contribution >= 4 is 11.6 Å². The second-order valence-electron chi connectivity index (χ2n) is 3.98. The number of ether oxygens (including phenoxy) is 1. The lowest BCUT2D eigenvalue weighted by atomic mass is 10.2. The topological polar surface area (TPSA) is 82.2 Å². The van der Waals surface area contributed by atoms with E-state index in [2.05, 4.69) is 10.4 Å². The second-order valence-corrected chi connectivity index (χ2v) is 3.98. The number of nitrogens with two attached hydrogens (primary N) is 1. The zero-order valence-corrected chi connectivity index (χ0v) is 10.7. The summed E-state index contributed by atoms with van der Waals surface area (Å²) in [5.74, 6) is 0.338. The molecule has 1 heterocycles. The molecule has 19 heavy (non-hydrogen) atoms. The zero-order chi connectivity index (χ0) is 13.7. The molecule has 2 rings (SSSR count). The van der Waals surface area contributed by atoms with Crippen LogP contribution in [0.25, 0.3) is 0 Å². The molecule has 0 spiro atoms. The molecule has 0 saturated carbocycles. The molecule has 0 aliphatic rings. The van der Waals surface area contributed by atoms with Crippen LogP contribution in [0.2, 0.25) is 0 Å². The predicted molar refractivity (Wildman–Crippen MR) is 72.0 cm³/mol. The standard InChI is InChI=1S/C13H16N4O2/c1-19-12-9-10(3-4-11(12)14)13(18)15-6-8-17-7-2-5-16-17/h2-5,7,9H,6,8,14H2,1H3,(H,15,18). The number of amides is 1. The van der Waals surface area contributed by atoms with E-state index in [4.69, 9.17) is 10.5 Å². The Morgan fingerprint density at radius 1 is 1.53 bits per heavy atom. The number of nitrogens with zero attached hydrogens (tertiary/aromatic N) is 2. The van der Waals surface area contributed by atoms with Gasteiger partial charge in [-0.2, -0.15) is 5.10 Å². The normalized spacial score (nSPS) is 10.2. The molecule has 0 fully saturated rings. The Morgan fingerprint density at radius 3 is 3.05 bits per heavy atom. The fourth-order valence-corrected chi connectivity index (χ4v) is 1.67. The van der Waals surface area contributed by atoms with Gasteiger partial charge in [0, 0.05) is 24.5 Å². The third-order valence-corrected chi connectivity index (χ3v) is 2.68. The summed E-state index contributed by atoms with van der Waals surface area (Å²) in [4.78, 5) is 11.9. The van der Waals surface area contributed by atoms with E-state index < -0.39 is 0 Å². The maximum atomic E-state index is 11.9. The van der Waals surface area contributed by atoms with Crippen molar-refractivity contribution in [1.82, 2.24) is 15.1 Å². The quantitative estimate of drug-likeness (QED) is 0.783. The van der Waals surface area contributed by atoms with Crippen LogP contribution in [0.15, 0.2) is 36.7 Å². The van der Waals surface area contributed by atoms with E-state index in [9.17, 15) is 4.79 Å². The smallest absolute Gasteiger partial charge is 0.251 e. The minimum absolute atomic E-state index is 0.162. The van der Waals surface area contributed by atoms with Gasteiger partial charge in [-0.1, -0.05) is 0 Å². The van der Waals surface area contributed by atoms with E-state index >= 15 is 0 Å². The van der Waals surface area contributed by atoms with E-state index in [1.165, 1.54) is 7.11 Å². The third-order valence-electron chi connectivity index (χ3n) is 2.68. The summed E-state index contributed by atoms with van der Waals surface area (Å²) < 4.78 is 6.83. The summed E-state index contributed by atoms with van der Waals surface area (Å²) in [5, 5.41) is 6.87. The Labute approximate surface area is 111 Å². The van der Waals surface area contributed by atoms with Crippen LogP contribution in [0.1, 0.15) is 10.4 Å². The number of methoxy groups -OCH3 is 1. The monoisotopic (exact) mass is 260 g/mol. The van der Waals surface area contributed by atoms with E-state index in [1.807, 2.05) is 12.3 Å². The van der Waals surface area contributed by atoms with Crippen LogP contribution in [0, 0.1) is 0 Å². The average molecular weight is 260 g/mol. The minimum atomic E-state index is -0.162. The fraction of sp³-hybridized carbons (Fsp3) is 0.231. The number of anilines is 1. The Morgan fingerprint density at radius 2 is 2.37 bits per heavy atom. The van der Waals surface area contributed by atoms with Crippen molar-refractivity contribution in [2.75, 3.05) is 19.4 Å². The highest BCUT2D eigenvalue weighted by Crippen LogP contribution is 2.21. The molecule has 1 amide bonds. The summed E-state index contributed by atoms with van der Waals surface area (Å²) in [7, 11) is 1.52. The van der Waals surface area contributed by atoms with Crippen molar-refractivity contribution in [3.05, 3.63) is 42.2 Å². The van der Waals surface area contributed by atoms with Crippen LogP contribution < -0.4 is 15.8 Å². The number of nitrogens with one attached hydrogen (secondary N) is 1. The van der Waals surface area contributed by atoms with Crippen molar-refractivity contribution in [2.24, 2.45) is 0 Å². The van der Waals surface area contributed by atoms with E-state index in [0.717, 1.165) is 0 Å². The number of hydrogen-bond acceptors (Lipinski definition) is 4. The Bertz CT molecular complexity index is 552. The highest BCUT2D eigenvalue weighted by Gasteiger charge is 2.08. The molecule has 0 aliphatic heterocycles. The van der Waals surface area contributed by atoms with Crippen molar-refractivity contribution in [3.8, 4) is 5.75 Å². The van der Waals surface area contributed by atoms with Gasteiger partial charge >= 0.3 is 0 Å². The lowest BCUT2D eigenvalue weighted by molar-refractivity contribution is 0.0951. The van der Waals surface area contributed by atoms with Crippen LogP contribution >= 0.6 is 0 Å². The SMILES string of the molecule is COc1cc(C(=O)NCCn2cccn2)ccc1N. The summed E-state index contributed by atoms with van der Waals surface area (Å²) >= 11 is 0. The van der Waals surface area contributed by atoms with Gasteiger partial charge in [0.25, 0.3) is 5.91 Å². The van der Waals surface area contributed by atoms with Gasteiger partial charge in [-0.05, 0) is 24.3 Å². The Balaban J connectivity index is 1.92. The molecule has 6 heteroatoms. The van der Waals surface area contributed by atoms with Gasteiger partial charge in [-0.25, -0.2) is 0 Å². The molecule has 0 saturated heterocycles. The molecule has 1 aromatic carbocycles. The van der Waals surface area contributed by atoms with Crippen LogP contribution in [0.5, 0.6) is 5.75 Å². The van der Waals surface area contributed by atoms with Gasteiger partial charge in [0.05, 0.1) is 19.3 Å². The number of aromatic nitrogens is 2. The molecule has 1 aromatic heterocycles. The Hall–Kier alpha value is -2.50. The first-order chi connectivity index (χ1) is 9.20. The van der Waals surface area contributed by atoms with Crippen molar-refractivity contribution < 1.29 is 9.53 Å². The first kappa shape index (κ1) is 12.9. The molecule has 100 valence electrons. The van der Waals surface area contributed by atoms with Crippen LogP contribution in [-0.4, -0.2) is 29.3 Å². The number of hydrogen-bond donors (Lipinski definition) is 2. The van der Waals surface area contributed by atoms with Gasteiger partial charge in [0.1, 0.15) is 5.75 Å². The number of benzene rings is 1. The highest BCUT2D eigenvalue weighted by atomic mass is 16.5. The van der Waals surface area contributed by atoms with Gasteiger partial charge in [0.2, 0.25) is 0 Å². The van der Waals surface area contributed by atoms with E-state index in [-0.39, 0.29) is 5.91 Å². The minimum Gasteiger partial charge on any atom is -0.495 e. The summed E-state index contributed by atoms with van der Waals surface area (Å²) in [5.41, 5.74) is 6.73. The molecule has 0 atom stereocenters. The number of carbonyl (C=O) groups excluding carboxylic acids is 1. The molecule has 0 radical (unpaired) electrons. The number of rotatable bonds is 5. The van der Waals surface area contributed by atoms with E-state index in [1.54, 1.807) is 29.1 Å². The lowest BCUT2D eigenvalue weighted by Crippen LogP contribution is -2.27. The Kier molecular flexibility index (Phi) is 4.02. The first-order valence-electron chi connectivity index (χ1n) is 5.90. The predicted octanol–water partition coefficient (Wildman–Crippen LogP) is 0.904. The number of carbonyl (C=O) groups is 1. The van der Waals surface area contributed by atoms with Gasteiger partial charge in [-0.3, -0.25) is 9.48 Å². The molecule has 3 N–H and O–H groups in total. The summed E-state index contributed by atoms with van der Waals surface area (Å²) in [6, 6.07) is 6.79. The maximum Gasteiger partial charge on any atom is 0.251 e. The summed E-state index contributed by atoms with van der Waals surface area (Å²) in [6.45, 7) is 1.14.